The fourth-order valence-electron chi connectivity index (χ4n) is 2.16. The van der Waals surface area contributed by atoms with E-state index in [0.717, 1.165) is 12.8 Å². The van der Waals surface area contributed by atoms with E-state index in [1.807, 2.05) is 0 Å². The van der Waals surface area contributed by atoms with Crippen LogP contribution in [0.1, 0.15) is 51.9 Å². The third-order valence-corrected chi connectivity index (χ3v) is 6.43. The highest BCUT2D eigenvalue weighted by molar-refractivity contribution is 6.60. The van der Waals surface area contributed by atoms with Gasteiger partial charge in [0, 0.05) is 33.9 Å². The molecule has 1 amide bonds. The van der Waals surface area contributed by atoms with E-state index in [1.54, 1.807) is 21.3 Å². The Balaban J connectivity index is 3.54. The number of amides is 1. The van der Waals surface area contributed by atoms with E-state index in [4.69, 9.17) is 18.0 Å². The van der Waals surface area contributed by atoms with Crippen molar-refractivity contribution in [3.8, 4) is 0 Å². The van der Waals surface area contributed by atoms with Crippen LogP contribution in [0.15, 0.2) is 0 Å². The number of hydrogen-bond acceptors (Lipinski definition) is 5. The summed E-state index contributed by atoms with van der Waals surface area (Å²) in [5.41, 5.74) is 0. The summed E-state index contributed by atoms with van der Waals surface area (Å²) in [6.07, 6.45) is 7.54. The minimum Gasteiger partial charge on any atom is -0.450 e. The van der Waals surface area contributed by atoms with Crippen LogP contribution < -0.4 is 5.32 Å². The average Bonchev–Trinajstić information content (AvgIpc) is 2.55. The number of carbonyl (C=O) groups is 1. The Morgan fingerprint density at radius 3 is 2.09 bits per heavy atom. The van der Waals surface area contributed by atoms with Crippen LogP contribution in [0.4, 0.5) is 4.79 Å². The molecule has 0 fully saturated rings. The second-order valence-electron chi connectivity index (χ2n) is 5.23. The van der Waals surface area contributed by atoms with Crippen LogP contribution >= 0.6 is 0 Å². The molecule has 1 N–H and O–H groups in total. The van der Waals surface area contributed by atoms with Crippen molar-refractivity contribution in [2.45, 2.75) is 57.9 Å². The second kappa shape index (κ2) is 14.0. The van der Waals surface area contributed by atoms with Gasteiger partial charge in [0.15, 0.2) is 0 Å². The molecular weight excluding hydrogens is 302 g/mol. The molecule has 0 radical (unpaired) electrons. The lowest BCUT2D eigenvalue weighted by Gasteiger charge is -2.24. The van der Waals surface area contributed by atoms with Gasteiger partial charge in [0.05, 0.1) is 6.61 Å². The van der Waals surface area contributed by atoms with Crippen molar-refractivity contribution in [2.24, 2.45) is 0 Å². The van der Waals surface area contributed by atoms with Gasteiger partial charge in [-0.25, -0.2) is 4.79 Å². The molecule has 0 saturated heterocycles. The third kappa shape index (κ3) is 10.2. The summed E-state index contributed by atoms with van der Waals surface area (Å²) in [7, 11) is 2.18. The smallest absolute Gasteiger partial charge is 0.450 e. The van der Waals surface area contributed by atoms with Crippen LogP contribution in [0.2, 0.25) is 6.04 Å². The standard InChI is InChI=1S/C15H33NO5Si/c1-5-6-7-8-9-10-12-16-15(17)21-13-11-14-22(18-2,19-3)20-4/h5-14H2,1-4H3,(H,16,17). The SMILES string of the molecule is CCCCCCCCNC(=O)OCCC[Si](OC)(OC)OC. The second-order valence-corrected chi connectivity index (χ2v) is 8.32. The summed E-state index contributed by atoms with van der Waals surface area (Å²) in [5, 5.41) is 2.77. The highest BCUT2D eigenvalue weighted by Gasteiger charge is 2.36. The molecule has 0 heterocycles. The van der Waals surface area contributed by atoms with Crippen LogP contribution in [-0.4, -0.2) is 49.4 Å². The van der Waals surface area contributed by atoms with Gasteiger partial charge in [-0.15, -0.1) is 0 Å². The number of ether oxygens (including phenoxy) is 1. The van der Waals surface area contributed by atoms with Crippen LogP contribution in [-0.2, 0) is 18.0 Å². The minimum absolute atomic E-state index is 0.340. The number of carbonyl (C=O) groups excluding carboxylic acids is 1. The number of unbranched alkanes of at least 4 members (excludes halogenated alkanes) is 5. The lowest BCUT2D eigenvalue weighted by atomic mass is 10.1. The predicted octanol–water partition coefficient (Wildman–Crippen LogP) is 3.34. The van der Waals surface area contributed by atoms with Gasteiger partial charge in [-0.1, -0.05) is 39.0 Å². The number of alkyl carbamates (subject to hydrolysis) is 1. The topological polar surface area (TPSA) is 66.0 Å². The van der Waals surface area contributed by atoms with Crippen molar-refractivity contribution in [3.05, 3.63) is 0 Å². The number of nitrogens with one attached hydrogen (secondary N) is 1. The monoisotopic (exact) mass is 335 g/mol. The first-order valence-electron chi connectivity index (χ1n) is 8.20. The Hall–Kier alpha value is -0.633. The largest absolute Gasteiger partial charge is 0.500 e. The Labute approximate surface area is 136 Å². The molecule has 0 bridgehead atoms. The van der Waals surface area contributed by atoms with Gasteiger partial charge in [0.25, 0.3) is 0 Å². The molecule has 0 spiro atoms. The maximum absolute atomic E-state index is 11.5. The molecule has 0 aromatic carbocycles. The molecule has 6 nitrogen and oxygen atoms in total. The van der Waals surface area contributed by atoms with Gasteiger partial charge in [-0.3, -0.25) is 0 Å². The Morgan fingerprint density at radius 1 is 0.909 bits per heavy atom. The first-order chi connectivity index (χ1) is 10.6. The van der Waals surface area contributed by atoms with E-state index in [-0.39, 0.29) is 6.09 Å². The quantitative estimate of drug-likeness (QED) is 0.389. The van der Waals surface area contributed by atoms with E-state index >= 15 is 0 Å². The Bertz CT molecular complexity index is 266. The van der Waals surface area contributed by atoms with Crippen molar-refractivity contribution in [3.63, 3.8) is 0 Å². The van der Waals surface area contributed by atoms with Crippen molar-refractivity contribution >= 4 is 14.9 Å². The number of hydrogen-bond donors (Lipinski definition) is 1. The van der Waals surface area contributed by atoms with E-state index in [0.29, 0.717) is 25.6 Å². The van der Waals surface area contributed by atoms with Gasteiger partial charge >= 0.3 is 14.9 Å². The third-order valence-electron chi connectivity index (χ3n) is 3.59. The van der Waals surface area contributed by atoms with Crippen molar-refractivity contribution in [1.82, 2.24) is 5.32 Å². The van der Waals surface area contributed by atoms with Crippen LogP contribution in [0.3, 0.4) is 0 Å². The van der Waals surface area contributed by atoms with Crippen LogP contribution in [0.25, 0.3) is 0 Å². The van der Waals surface area contributed by atoms with Gasteiger partial charge in [-0.05, 0) is 12.8 Å². The van der Waals surface area contributed by atoms with Crippen LogP contribution in [0, 0.1) is 0 Å². The molecule has 7 heteroatoms. The zero-order valence-electron chi connectivity index (χ0n) is 14.6. The molecule has 132 valence electrons. The summed E-state index contributed by atoms with van der Waals surface area (Å²) >= 11 is 0. The summed E-state index contributed by atoms with van der Waals surface area (Å²) in [4.78, 5) is 11.5. The molecular formula is C15H33NO5Si. The van der Waals surface area contributed by atoms with E-state index in [9.17, 15) is 4.79 Å². The van der Waals surface area contributed by atoms with Crippen molar-refractivity contribution in [2.75, 3.05) is 34.5 Å². The lowest BCUT2D eigenvalue weighted by molar-refractivity contribution is 0.115. The maximum Gasteiger partial charge on any atom is 0.500 e. The molecule has 0 saturated carbocycles. The van der Waals surface area contributed by atoms with Gasteiger partial charge < -0.3 is 23.3 Å². The zero-order chi connectivity index (χ0) is 16.7. The molecule has 0 atom stereocenters. The highest BCUT2D eigenvalue weighted by atomic mass is 28.4. The maximum atomic E-state index is 11.5. The fourth-order valence-corrected chi connectivity index (χ4v) is 3.85. The summed E-state index contributed by atoms with van der Waals surface area (Å²) in [6, 6.07) is 0.626. The first-order valence-corrected chi connectivity index (χ1v) is 10.1. The summed E-state index contributed by atoms with van der Waals surface area (Å²) in [5.74, 6) is 0. The van der Waals surface area contributed by atoms with Gasteiger partial charge in [0.2, 0.25) is 0 Å². The molecule has 0 aromatic rings. The fraction of sp³-hybridized carbons (Fsp3) is 0.933. The summed E-state index contributed by atoms with van der Waals surface area (Å²) in [6.45, 7) is 3.22. The van der Waals surface area contributed by atoms with Crippen molar-refractivity contribution in [1.29, 1.82) is 0 Å². The minimum atomic E-state index is -2.55. The lowest BCUT2D eigenvalue weighted by Crippen LogP contribution is -2.42. The zero-order valence-corrected chi connectivity index (χ0v) is 15.6. The molecule has 0 unspecified atom stereocenters. The Kier molecular flexibility index (Phi) is 13.6. The molecule has 0 aromatic heterocycles. The molecule has 0 aliphatic heterocycles. The van der Waals surface area contributed by atoms with E-state index in [2.05, 4.69) is 12.2 Å². The molecule has 0 rings (SSSR count). The Morgan fingerprint density at radius 2 is 1.50 bits per heavy atom. The van der Waals surface area contributed by atoms with Gasteiger partial charge in [0.1, 0.15) is 0 Å². The summed E-state index contributed by atoms with van der Waals surface area (Å²) < 4.78 is 21.0. The molecule has 0 aliphatic carbocycles. The van der Waals surface area contributed by atoms with Crippen LogP contribution in [0.5, 0.6) is 0 Å². The normalized spacial score (nSPS) is 11.5. The predicted molar refractivity (Wildman–Crippen MR) is 88.9 cm³/mol. The van der Waals surface area contributed by atoms with Crippen molar-refractivity contribution < 1.29 is 22.8 Å². The molecule has 0 aliphatic rings. The van der Waals surface area contributed by atoms with Gasteiger partial charge in [-0.2, -0.15) is 0 Å². The average molecular weight is 336 g/mol. The first kappa shape index (κ1) is 21.4. The number of rotatable bonds is 14. The molecule has 22 heavy (non-hydrogen) atoms. The highest BCUT2D eigenvalue weighted by Crippen LogP contribution is 2.14. The van der Waals surface area contributed by atoms with E-state index in [1.165, 1.54) is 25.7 Å². The van der Waals surface area contributed by atoms with E-state index < -0.39 is 8.80 Å².